The van der Waals surface area contributed by atoms with Gasteiger partial charge in [0.05, 0.1) is 0 Å². The maximum absolute atomic E-state index is 5.56. The molecule has 3 heteroatoms. The first-order valence-corrected chi connectivity index (χ1v) is 6.08. The highest BCUT2D eigenvalue weighted by molar-refractivity contribution is 5.05. The summed E-state index contributed by atoms with van der Waals surface area (Å²) in [5, 5.41) is 0. The molecular weight excluding hydrogens is 198 g/mol. The first kappa shape index (κ1) is 13.1. The molecule has 0 fully saturated rings. The fourth-order valence-electron chi connectivity index (χ4n) is 1.79. The lowest BCUT2D eigenvalue weighted by atomic mass is 10.0. The topological polar surface area (TPSA) is 50.9 Å². The molecule has 3 nitrogen and oxygen atoms in total. The lowest BCUT2D eigenvalue weighted by Gasteiger charge is -2.15. The van der Waals surface area contributed by atoms with Gasteiger partial charge in [-0.15, -0.1) is 0 Å². The van der Waals surface area contributed by atoms with Gasteiger partial charge in [-0.1, -0.05) is 32.8 Å². The summed E-state index contributed by atoms with van der Waals surface area (Å²) in [5.41, 5.74) is 3.99. The van der Waals surface area contributed by atoms with Gasteiger partial charge in [0.2, 0.25) is 0 Å². The predicted octanol–water partition coefficient (Wildman–Crippen LogP) is 2.28. The number of aromatic nitrogens is 1. The number of pyridine rings is 1. The lowest BCUT2D eigenvalue weighted by Crippen LogP contribution is -2.37. The van der Waals surface area contributed by atoms with Crippen molar-refractivity contribution in [3.05, 3.63) is 30.1 Å². The highest BCUT2D eigenvalue weighted by Gasteiger charge is 2.08. The Balaban J connectivity index is 2.32. The van der Waals surface area contributed by atoms with Crippen LogP contribution in [0.5, 0.6) is 0 Å². The fraction of sp³-hybridized carbons (Fsp3) is 0.615. The first-order valence-electron chi connectivity index (χ1n) is 6.08. The summed E-state index contributed by atoms with van der Waals surface area (Å²) in [6, 6.07) is 6.35. The Morgan fingerprint density at radius 3 is 2.69 bits per heavy atom. The number of nitrogens with two attached hydrogens (primary N) is 1. The summed E-state index contributed by atoms with van der Waals surface area (Å²) < 4.78 is 0. The predicted molar refractivity (Wildman–Crippen MR) is 67.7 cm³/mol. The van der Waals surface area contributed by atoms with Crippen LogP contribution in [0.3, 0.4) is 0 Å². The molecule has 1 unspecified atom stereocenters. The Bertz CT molecular complexity index is 272. The van der Waals surface area contributed by atoms with E-state index in [0.29, 0.717) is 6.04 Å². The van der Waals surface area contributed by atoms with Gasteiger partial charge in [0.1, 0.15) is 0 Å². The zero-order valence-corrected chi connectivity index (χ0v) is 10.3. The molecule has 1 aromatic rings. The molecule has 0 aromatic carbocycles. The lowest BCUT2D eigenvalue weighted by molar-refractivity contribution is 0.439. The second kappa shape index (κ2) is 7.36. The molecule has 0 bridgehead atoms. The summed E-state index contributed by atoms with van der Waals surface area (Å²) >= 11 is 0. The maximum Gasteiger partial charge on any atom is 0.0419 e. The van der Waals surface area contributed by atoms with E-state index < -0.39 is 0 Å². The van der Waals surface area contributed by atoms with Crippen molar-refractivity contribution >= 4 is 0 Å². The zero-order chi connectivity index (χ0) is 11.8. The summed E-state index contributed by atoms with van der Waals surface area (Å²) in [6.45, 7) is 4.51. The third kappa shape index (κ3) is 5.24. The Kier molecular flexibility index (Phi) is 6.04. The number of nitrogens with zero attached hydrogens (tertiary/aromatic N) is 1. The van der Waals surface area contributed by atoms with Crippen LogP contribution < -0.4 is 11.3 Å². The van der Waals surface area contributed by atoms with Gasteiger partial charge in [0, 0.05) is 24.4 Å². The van der Waals surface area contributed by atoms with Crippen LogP contribution in [-0.2, 0) is 6.42 Å². The second-order valence-electron chi connectivity index (χ2n) is 4.71. The number of hydrogen-bond acceptors (Lipinski definition) is 3. The van der Waals surface area contributed by atoms with E-state index >= 15 is 0 Å². The average Bonchev–Trinajstić information content (AvgIpc) is 2.28. The van der Waals surface area contributed by atoms with Gasteiger partial charge in [-0.05, 0) is 24.5 Å². The quantitative estimate of drug-likeness (QED) is 0.548. The minimum atomic E-state index is 0.341. The van der Waals surface area contributed by atoms with Crippen molar-refractivity contribution in [2.45, 2.75) is 45.6 Å². The molecule has 0 aliphatic carbocycles. The summed E-state index contributed by atoms with van der Waals surface area (Å²) in [5.74, 6) is 6.33. The van der Waals surface area contributed by atoms with Gasteiger partial charge in [-0.3, -0.25) is 16.3 Å². The largest absolute Gasteiger partial charge is 0.271 e. The number of rotatable bonds is 7. The van der Waals surface area contributed by atoms with E-state index in [0.717, 1.165) is 24.5 Å². The summed E-state index contributed by atoms with van der Waals surface area (Å²) in [6.07, 6.45) is 6.34. The van der Waals surface area contributed by atoms with Crippen molar-refractivity contribution in [1.29, 1.82) is 0 Å². The third-order valence-electron chi connectivity index (χ3n) is 2.75. The normalized spacial score (nSPS) is 13.0. The molecule has 0 saturated carbocycles. The van der Waals surface area contributed by atoms with E-state index in [1.807, 2.05) is 24.4 Å². The average molecular weight is 221 g/mol. The van der Waals surface area contributed by atoms with Gasteiger partial charge >= 0.3 is 0 Å². The maximum atomic E-state index is 5.56. The zero-order valence-electron chi connectivity index (χ0n) is 10.3. The fourth-order valence-corrected chi connectivity index (χ4v) is 1.79. The Morgan fingerprint density at radius 2 is 2.12 bits per heavy atom. The summed E-state index contributed by atoms with van der Waals surface area (Å²) in [4.78, 5) is 4.31. The minimum absolute atomic E-state index is 0.341. The molecule has 0 aliphatic rings. The molecule has 0 amide bonds. The molecule has 16 heavy (non-hydrogen) atoms. The monoisotopic (exact) mass is 221 g/mol. The van der Waals surface area contributed by atoms with E-state index in [-0.39, 0.29) is 0 Å². The van der Waals surface area contributed by atoms with Crippen molar-refractivity contribution in [3.8, 4) is 0 Å². The van der Waals surface area contributed by atoms with E-state index in [9.17, 15) is 0 Å². The molecule has 1 heterocycles. The molecule has 0 saturated heterocycles. The molecule has 1 rings (SSSR count). The molecule has 0 spiro atoms. The molecule has 1 atom stereocenters. The minimum Gasteiger partial charge on any atom is -0.271 e. The van der Waals surface area contributed by atoms with E-state index in [1.54, 1.807) is 0 Å². The van der Waals surface area contributed by atoms with Gasteiger partial charge < -0.3 is 0 Å². The van der Waals surface area contributed by atoms with Crippen LogP contribution >= 0.6 is 0 Å². The highest BCUT2D eigenvalue weighted by Crippen LogP contribution is 2.10. The van der Waals surface area contributed by atoms with Crippen LogP contribution in [0.15, 0.2) is 24.4 Å². The van der Waals surface area contributed by atoms with Gasteiger partial charge in [-0.25, -0.2) is 0 Å². The van der Waals surface area contributed by atoms with Crippen molar-refractivity contribution in [3.63, 3.8) is 0 Å². The summed E-state index contributed by atoms with van der Waals surface area (Å²) in [7, 11) is 0. The molecule has 0 aliphatic heterocycles. The van der Waals surface area contributed by atoms with Crippen molar-refractivity contribution < 1.29 is 0 Å². The van der Waals surface area contributed by atoms with Crippen molar-refractivity contribution in [2.75, 3.05) is 0 Å². The third-order valence-corrected chi connectivity index (χ3v) is 2.75. The van der Waals surface area contributed by atoms with Crippen LogP contribution in [0.1, 0.15) is 38.8 Å². The van der Waals surface area contributed by atoms with E-state index in [2.05, 4.69) is 24.3 Å². The second-order valence-corrected chi connectivity index (χ2v) is 4.71. The number of hydrazine groups is 1. The van der Waals surface area contributed by atoms with Crippen LogP contribution in [0.4, 0.5) is 0 Å². The SMILES string of the molecule is CC(C)CCCC(Cc1ccccn1)NN. The van der Waals surface area contributed by atoms with Crippen molar-refractivity contribution in [1.82, 2.24) is 10.4 Å². The molecule has 3 N–H and O–H groups in total. The van der Waals surface area contributed by atoms with Crippen LogP contribution in [-0.4, -0.2) is 11.0 Å². The van der Waals surface area contributed by atoms with E-state index in [4.69, 9.17) is 5.84 Å². The Hall–Kier alpha value is -0.930. The number of nitrogens with one attached hydrogen (secondary N) is 1. The van der Waals surface area contributed by atoms with Crippen LogP contribution in [0.25, 0.3) is 0 Å². The van der Waals surface area contributed by atoms with Gasteiger partial charge in [-0.2, -0.15) is 0 Å². The smallest absolute Gasteiger partial charge is 0.0419 e. The first-order chi connectivity index (χ1) is 7.72. The molecular formula is C13H23N3. The van der Waals surface area contributed by atoms with Crippen LogP contribution in [0.2, 0.25) is 0 Å². The Morgan fingerprint density at radius 1 is 1.31 bits per heavy atom. The van der Waals surface area contributed by atoms with Gasteiger partial charge in [0.15, 0.2) is 0 Å². The number of hydrogen-bond donors (Lipinski definition) is 2. The Labute approximate surface area is 98.4 Å². The van der Waals surface area contributed by atoms with E-state index in [1.165, 1.54) is 12.8 Å². The molecule has 90 valence electrons. The standard InChI is InChI=1S/C13H23N3/c1-11(2)6-5-8-13(16-14)10-12-7-3-4-9-15-12/h3-4,7,9,11,13,16H,5-6,8,10,14H2,1-2H3. The van der Waals surface area contributed by atoms with Gasteiger partial charge in [0.25, 0.3) is 0 Å². The molecule has 0 radical (unpaired) electrons. The van der Waals surface area contributed by atoms with Crippen molar-refractivity contribution in [2.24, 2.45) is 11.8 Å². The van der Waals surface area contributed by atoms with Crippen LogP contribution in [0, 0.1) is 5.92 Å². The molecule has 1 aromatic heterocycles. The highest BCUT2D eigenvalue weighted by atomic mass is 15.2.